The number of benzene rings is 1. The molecule has 1 aromatic rings. The smallest absolute Gasteiger partial charge is 0.344 e. The van der Waals surface area contributed by atoms with Gasteiger partial charge in [-0.25, -0.2) is 14.4 Å². The number of hydrogen-bond donors (Lipinski definition) is 0. The summed E-state index contributed by atoms with van der Waals surface area (Å²) in [7, 11) is 0. The van der Waals surface area contributed by atoms with Crippen molar-refractivity contribution in [1.82, 2.24) is 0 Å². The first-order valence-electron chi connectivity index (χ1n) is 7.99. The number of esters is 3. The molecule has 0 N–H and O–H groups in total. The Bertz CT molecular complexity index is 702. The van der Waals surface area contributed by atoms with Gasteiger partial charge in [-0.2, -0.15) is 0 Å². The Hall–Kier alpha value is -2.63. The molecule has 0 atom stereocenters. The second-order valence-corrected chi connectivity index (χ2v) is 5.10. The van der Waals surface area contributed by atoms with E-state index < -0.39 is 17.9 Å². The second kappa shape index (κ2) is 7.77. The third-order valence-electron chi connectivity index (χ3n) is 3.47. The highest BCUT2D eigenvalue weighted by atomic mass is 16.5. The van der Waals surface area contributed by atoms with Crippen molar-refractivity contribution in [2.24, 2.45) is 0 Å². The van der Waals surface area contributed by atoms with Crippen LogP contribution in [-0.4, -0.2) is 31.1 Å². The summed E-state index contributed by atoms with van der Waals surface area (Å²) < 4.78 is 15.3. The summed E-state index contributed by atoms with van der Waals surface area (Å²) in [5.41, 5.74) is 0.627. The van der Waals surface area contributed by atoms with Gasteiger partial charge < -0.3 is 14.2 Å². The predicted molar refractivity (Wildman–Crippen MR) is 86.7 cm³/mol. The molecule has 0 unspecified atom stereocenters. The lowest BCUT2D eigenvalue weighted by atomic mass is 9.95. The average molecular weight is 332 g/mol. The van der Waals surface area contributed by atoms with Crippen LogP contribution in [0.1, 0.15) is 70.3 Å². The lowest BCUT2D eigenvalue weighted by molar-refractivity contribution is 0.0478. The van der Waals surface area contributed by atoms with Gasteiger partial charge in [0, 0.05) is 5.56 Å². The molecule has 0 saturated carbocycles. The van der Waals surface area contributed by atoms with E-state index in [4.69, 9.17) is 14.2 Å². The predicted octanol–water partition coefficient (Wildman–Crippen LogP) is 3.35. The molecule has 24 heavy (non-hydrogen) atoms. The van der Waals surface area contributed by atoms with E-state index in [1.807, 2.05) is 6.92 Å². The topological polar surface area (TPSA) is 78.9 Å². The molecule has 0 fully saturated rings. The lowest BCUT2D eigenvalue weighted by Crippen LogP contribution is -2.17. The zero-order valence-electron chi connectivity index (χ0n) is 14.0. The van der Waals surface area contributed by atoms with Crippen LogP contribution in [0.3, 0.4) is 0 Å². The van der Waals surface area contributed by atoms with Crippen LogP contribution >= 0.6 is 0 Å². The van der Waals surface area contributed by atoms with Gasteiger partial charge in [-0.1, -0.05) is 13.3 Å². The number of allylic oxidation sites excluding steroid dienone is 1. The summed E-state index contributed by atoms with van der Waals surface area (Å²) in [5, 5.41) is 0. The van der Waals surface area contributed by atoms with Crippen LogP contribution in [0.5, 0.6) is 0 Å². The Morgan fingerprint density at radius 3 is 2.38 bits per heavy atom. The van der Waals surface area contributed by atoms with Crippen molar-refractivity contribution in [2.45, 2.75) is 33.6 Å². The van der Waals surface area contributed by atoms with E-state index in [9.17, 15) is 14.4 Å². The molecule has 128 valence electrons. The zero-order chi connectivity index (χ0) is 17.7. The van der Waals surface area contributed by atoms with Crippen LogP contribution < -0.4 is 0 Å². The SMILES string of the molecule is CCC/C=C1\OC(=O)c2ccc(C(=O)OCC)c(C(=O)OCC)c21. The number of hydrogen-bond acceptors (Lipinski definition) is 6. The summed E-state index contributed by atoms with van der Waals surface area (Å²) in [6.45, 7) is 5.64. The number of carbonyl (C=O) groups is 3. The van der Waals surface area contributed by atoms with Crippen molar-refractivity contribution in [1.29, 1.82) is 0 Å². The van der Waals surface area contributed by atoms with Gasteiger partial charge in [-0.15, -0.1) is 0 Å². The van der Waals surface area contributed by atoms with Crippen LogP contribution in [0.2, 0.25) is 0 Å². The Kier molecular flexibility index (Phi) is 5.73. The van der Waals surface area contributed by atoms with E-state index in [0.717, 1.165) is 6.42 Å². The van der Waals surface area contributed by atoms with Crippen molar-refractivity contribution in [3.63, 3.8) is 0 Å². The monoisotopic (exact) mass is 332 g/mol. The minimum absolute atomic E-state index is 0.0148. The molecule has 1 aliphatic rings. The van der Waals surface area contributed by atoms with Crippen LogP contribution in [-0.2, 0) is 14.2 Å². The molecule has 1 heterocycles. The number of carbonyl (C=O) groups excluding carboxylic acids is 3. The molecule has 1 aliphatic heterocycles. The van der Waals surface area contributed by atoms with Gasteiger partial charge in [0.05, 0.1) is 29.9 Å². The standard InChI is InChI=1S/C18H20O6/c1-4-7-8-13-14-11(17(20)24-13)9-10-12(16(19)22-5-2)15(14)18(21)23-6-3/h8-10H,4-7H2,1-3H3/b13-8-. The molecule has 6 heteroatoms. The number of rotatable bonds is 6. The second-order valence-electron chi connectivity index (χ2n) is 5.10. The minimum atomic E-state index is -0.682. The van der Waals surface area contributed by atoms with Gasteiger partial charge in [-0.05, 0) is 38.5 Å². The van der Waals surface area contributed by atoms with Crippen molar-refractivity contribution >= 4 is 23.7 Å². The van der Waals surface area contributed by atoms with Gasteiger partial charge in [-0.3, -0.25) is 0 Å². The first-order valence-corrected chi connectivity index (χ1v) is 7.99. The molecule has 0 aromatic heterocycles. The van der Waals surface area contributed by atoms with E-state index in [1.165, 1.54) is 12.1 Å². The highest BCUT2D eigenvalue weighted by Gasteiger charge is 2.35. The van der Waals surface area contributed by atoms with Crippen molar-refractivity contribution < 1.29 is 28.6 Å². The fourth-order valence-corrected chi connectivity index (χ4v) is 2.45. The molecule has 2 rings (SSSR count). The maximum Gasteiger partial charge on any atom is 0.344 e. The first kappa shape index (κ1) is 17.7. The molecular formula is C18H20O6. The van der Waals surface area contributed by atoms with Crippen molar-refractivity contribution in [3.05, 3.63) is 40.5 Å². The largest absolute Gasteiger partial charge is 0.462 e. The van der Waals surface area contributed by atoms with Crippen molar-refractivity contribution in [3.8, 4) is 0 Å². The first-order chi connectivity index (χ1) is 11.5. The third-order valence-corrected chi connectivity index (χ3v) is 3.47. The molecule has 0 amide bonds. The number of ether oxygens (including phenoxy) is 3. The summed E-state index contributed by atoms with van der Waals surface area (Å²) in [6.07, 6.45) is 3.26. The molecule has 6 nitrogen and oxygen atoms in total. The quantitative estimate of drug-likeness (QED) is 0.587. The van der Waals surface area contributed by atoms with Gasteiger partial charge >= 0.3 is 17.9 Å². The highest BCUT2D eigenvalue weighted by Crippen LogP contribution is 2.35. The number of unbranched alkanes of at least 4 members (excludes halogenated alkanes) is 1. The third kappa shape index (κ3) is 3.32. The minimum Gasteiger partial charge on any atom is -0.462 e. The molecule has 0 saturated heterocycles. The van der Waals surface area contributed by atoms with Crippen molar-refractivity contribution in [2.75, 3.05) is 13.2 Å². The van der Waals surface area contributed by atoms with E-state index in [1.54, 1.807) is 19.9 Å². The summed E-state index contributed by atoms with van der Waals surface area (Å²) in [5.74, 6) is -1.59. The van der Waals surface area contributed by atoms with Gasteiger partial charge in [0.25, 0.3) is 0 Å². The van der Waals surface area contributed by atoms with Crippen LogP contribution in [0, 0.1) is 0 Å². The number of cyclic esters (lactones) is 1. The maximum absolute atomic E-state index is 12.4. The van der Waals surface area contributed by atoms with Gasteiger partial charge in [0.2, 0.25) is 0 Å². The molecule has 0 bridgehead atoms. The normalized spacial score (nSPS) is 14.3. The summed E-state index contributed by atoms with van der Waals surface area (Å²) in [6, 6.07) is 2.87. The van der Waals surface area contributed by atoms with Crippen LogP contribution in [0.25, 0.3) is 5.76 Å². The van der Waals surface area contributed by atoms with E-state index >= 15 is 0 Å². The molecule has 1 aromatic carbocycles. The summed E-state index contributed by atoms with van der Waals surface area (Å²) in [4.78, 5) is 36.7. The Morgan fingerprint density at radius 1 is 1.08 bits per heavy atom. The maximum atomic E-state index is 12.4. The summed E-state index contributed by atoms with van der Waals surface area (Å²) >= 11 is 0. The lowest BCUT2D eigenvalue weighted by Gasteiger charge is -2.12. The Labute approximate surface area is 140 Å². The van der Waals surface area contributed by atoms with Gasteiger partial charge in [0.15, 0.2) is 0 Å². The molecule has 0 aliphatic carbocycles. The van der Waals surface area contributed by atoms with E-state index in [-0.39, 0.29) is 35.7 Å². The van der Waals surface area contributed by atoms with Gasteiger partial charge in [0.1, 0.15) is 5.76 Å². The fourth-order valence-electron chi connectivity index (χ4n) is 2.45. The molecule has 0 spiro atoms. The highest BCUT2D eigenvalue weighted by molar-refractivity contribution is 6.13. The number of fused-ring (bicyclic) bond motifs is 1. The Morgan fingerprint density at radius 2 is 1.75 bits per heavy atom. The van der Waals surface area contributed by atoms with Crippen LogP contribution in [0.15, 0.2) is 18.2 Å². The molecule has 0 radical (unpaired) electrons. The fraction of sp³-hybridized carbons (Fsp3) is 0.389. The molecular weight excluding hydrogens is 312 g/mol. The zero-order valence-corrected chi connectivity index (χ0v) is 14.0. The van der Waals surface area contributed by atoms with E-state index in [0.29, 0.717) is 12.0 Å². The average Bonchev–Trinajstić information content (AvgIpc) is 2.88. The van der Waals surface area contributed by atoms with E-state index in [2.05, 4.69) is 0 Å². The Balaban J connectivity index is 2.67. The van der Waals surface area contributed by atoms with Crippen LogP contribution in [0.4, 0.5) is 0 Å².